The largest absolute Gasteiger partial charge is 2.00 e. The first-order valence-corrected chi connectivity index (χ1v) is 3.02. The molecule has 58 valence electrons. The van der Waals surface area contributed by atoms with Gasteiger partial charge in [-0.25, -0.2) is 0 Å². The summed E-state index contributed by atoms with van der Waals surface area (Å²) < 4.78 is 0. The molecule has 0 bridgehead atoms. The van der Waals surface area contributed by atoms with Crippen LogP contribution in [0.15, 0.2) is 0 Å². The molecule has 0 atom stereocenters. The van der Waals surface area contributed by atoms with Gasteiger partial charge in [0.05, 0.1) is 0 Å². The Balaban J connectivity index is 0. The van der Waals surface area contributed by atoms with Gasteiger partial charge in [0.2, 0.25) is 0 Å². The molecule has 0 aromatic carbocycles. The Bertz CT molecular complexity index is 119. The molecule has 4 nitrogen and oxygen atoms in total. The molecular formula is C6H8O4Zn. The number of rotatable bonds is 5. The van der Waals surface area contributed by atoms with E-state index in [4.69, 9.17) is 0 Å². The van der Waals surface area contributed by atoms with Gasteiger partial charge < -0.3 is 19.8 Å². The van der Waals surface area contributed by atoms with E-state index in [1.54, 1.807) is 0 Å². The summed E-state index contributed by atoms with van der Waals surface area (Å²) in [6.07, 6.45) is 0.535. The van der Waals surface area contributed by atoms with Gasteiger partial charge in [0.15, 0.2) is 0 Å². The normalized spacial score (nSPS) is 8.36. The Hall–Kier alpha value is -0.437. The van der Waals surface area contributed by atoms with Crippen molar-refractivity contribution >= 4 is 11.9 Å². The number of unbranched alkanes of at least 4 members (excludes halogenated alkanes) is 1. The van der Waals surface area contributed by atoms with Gasteiger partial charge in [-0.15, -0.1) is 0 Å². The number of carboxylic acids is 2. The molecule has 0 saturated heterocycles. The van der Waals surface area contributed by atoms with Gasteiger partial charge >= 0.3 is 19.5 Å². The Morgan fingerprint density at radius 2 is 1.18 bits per heavy atom. The average molecular weight is 210 g/mol. The molecule has 5 heteroatoms. The van der Waals surface area contributed by atoms with Crippen LogP contribution in [-0.2, 0) is 29.1 Å². The monoisotopic (exact) mass is 208 g/mol. The van der Waals surface area contributed by atoms with Crippen LogP contribution >= 0.6 is 0 Å². The second kappa shape index (κ2) is 7.67. The summed E-state index contributed by atoms with van der Waals surface area (Å²) >= 11 is 0. The van der Waals surface area contributed by atoms with Crippen molar-refractivity contribution in [2.45, 2.75) is 25.7 Å². The molecule has 0 aliphatic rings. The molecule has 0 radical (unpaired) electrons. The van der Waals surface area contributed by atoms with Crippen molar-refractivity contribution in [2.75, 3.05) is 0 Å². The van der Waals surface area contributed by atoms with Crippen molar-refractivity contribution in [3.8, 4) is 0 Å². The van der Waals surface area contributed by atoms with E-state index < -0.39 is 11.9 Å². The Morgan fingerprint density at radius 1 is 0.909 bits per heavy atom. The minimum atomic E-state index is -1.14. The van der Waals surface area contributed by atoms with Crippen LogP contribution in [0.4, 0.5) is 0 Å². The van der Waals surface area contributed by atoms with Crippen LogP contribution in [0.5, 0.6) is 0 Å². The number of carbonyl (C=O) groups excluding carboxylic acids is 2. The van der Waals surface area contributed by atoms with E-state index >= 15 is 0 Å². The molecule has 0 saturated carbocycles. The van der Waals surface area contributed by atoms with Gasteiger partial charge in [-0.2, -0.15) is 0 Å². The molecule has 0 N–H and O–H groups in total. The smallest absolute Gasteiger partial charge is 0.550 e. The molecule has 0 unspecified atom stereocenters. The van der Waals surface area contributed by atoms with Crippen LogP contribution in [0, 0.1) is 0 Å². The fourth-order valence-electron chi connectivity index (χ4n) is 0.539. The Labute approximate surface area is 77.4 Å². The molecular weight excluding hydrogens is 201 g/mol. The van der Waals surface area contributed by atoms with Crippen LogP contribution in [0.1, 0.15) is 25.7 Å². The van der Waals surface area contributed by atoms with Crippen LogP contribution in [0.2, 0.25) is 0 Å². The number of hydrogen-bond acceptors (Lipinski definition) is 4. The van der Waals surface area contributed by atoms with Gasteiger partial charge in [0.25, 0.3) is 0 Å². The van der Waals surface area contributed by atoms with Crippen molar-refractivity contribution in [2.24, 2.45) is 0 Å². The first kappa shape index (κ1) is 13.2. The van der Waals surface area contributed by atoms with Gasteiger partial charge in [-0.05, 0) is 25.7 Å². The standard InChI is InChI=1S/C6H10O4.Zn/c7-5(8)3-1-2-4-6(9)10;/h1-4H2,(H,7,8)(H,9,10);/q;+2/p-2. The number of carbonyl (C=O) groups is 2. The summed E-state index contributed by atoms with van der Waals surface area (Å²) in [5.41, 5.74) is 0. The fraction of sp³-hybridized carbons (Fsp3) is 0.667. The predicted molar refractivity (Wildman–Crippen MR) is 28.5 cm³/mol. The van der Waals surface area contributed by atoms with E-state index in [1.165, 1.54) is 0 Å². The third-order valence-corrected chi connectivity index (χ3v) is 1.01. The molecule has 0 aromatic heterocycles. The van der Waals surface area contributed by atoms with E-state index in [2.05, 4.69) is 0 Å². The van der Waals surface area contributed by atoms with E-state index in [-0.39, 0.29) is 32.3 Å². The third kappa shape index (κ3) is 12.7. The molecule has 0 amide bonds. The zero-order valence-electron chi connectivity index (χ0n) is 6.17. The second-order valence-electron chi connectivity index (χ2n) is 1.95. The van der Waals surface area contributed by atoms with Gasteiger partial charge in [0, 0.05) is 11.9 Å². The van der Waals surface area contributed by atoms with Crippen LogP contribution < -0.4 is 10.2 Å². The zero-order chi connectivity index (χ0) is 7.98. The minimum Gasteiger partial charge on any atom is -0.550 e. The Morgan fingerprint density at radius 3 is 1.36 bits per heavy atom. The second-order valence-corrected chi connectivity index (χ2v) is 1.95. The Kier molecular flexibility index (Phi) is 9.18. The fourth-order valence-corrected chi connectivity index (χ4v) is 0.539. The van der Waals surface area contributed by atoms with Crippen molar-refractivity contribution in [3.05, 3.63) is 0 Å². The molecule has 0 spiro atoms. The maximum atomic E-state index is 9.77. The number of carboxylic acid groups (broad SMARTS) is 2. The van der Waals surface area contributed by atoms with Gasteiger partial charge in [0.1, 0.15) is 0 Å². The zero-order valence-corrected chi connectivity index (χ0v) is 9.14. The van der Waals surface area contributed by atoms with Crippen LogP contribution in [0.3, 0.4) is 0 Å². The maximum Gasteiger partial charge on any atom is 2.00 e. The van der Waals surface area contributed by atoms with E-state index in [0.717, 1.165) is 0 Å². The van der Waals surface area contributed by atoms with E-state index in [1.807, 2.05) is 0 Å². The predicted octanol–water partition coefficient (Wildman–Crippen LogP) is -1.96. The quantitative estimate of drug-likeness (QED) is 0.389. The first-order chi connectivity index (χ1) is 4.63. The molecule has 0 aromatic rings. The van der Waals surface area contributed by atoms with Crippen molar-refractivity contribution < 1.29 is 39.3 Å². The van der Waals surface area contributed by atoms with Crippen LogP contribution in [-0.4, -0.2) is 11.9 Å². The van der Waals surface area contributed by atoms with Crippen LogP contribution in [0.25, 0.3) is 0 Å². The number of aliphatic carboxylic acids is 2. The maximum absolute atomic E-state index is 9.77. The molecule has 0 aliphatic carbocycles. The summed E-state index contributed by atoms with van der Waals surface area (Å²) in [6.45, 7) is 0. The molecule has 0 rings (SSSR count). The molecule has 0 fully saturated rings. The van der Waals surface area contributed by atoms with Gasteiger partial charge in [-0.1, -0.05) is 0 Å². The average Bonchev–Trinajstić information content (AvgIpc) is 1.79. The van der Waals surface area contributed by atoms with Gasteiger partial charge in [-0.3, -0.25) is 0 Å². The topological polar surface area (TPSA) is 80.3 Å². The van der Waals surface area contributed by atoms with E-state index in [0.29, 0.717) is 12.8 Å². The SMILES string of the molecule is O=C([O-])CCCCC(=O)[O-].[Zn+2]. The molecule has 0 heterocycles. The molecule has 11 heavy (non-hydrogen) atoms. The number of hydrogen-bond donors (Lipinski definition) is 0. The summed E-state index contributed by atoms with van der Waals surface area (Å²) in [5.74, 6) is -2.28. The summed E-state index contributed by atoms with van der Waals surface area (Å²) in [5, 5.41) is 19.5. The summed E-state index contributed by atoms with van der Waals surface area (Å²) in [4.78, 5) is 19.5. The minimum absolute atomic E-state index is 0. The first-order valence-electron chi connectivity index (χ1n) is 3.02. The van der Waals surface area contributed by atoms with Crippen molar-refractivity contribution in [3.63, 3.8) is 0 Å². The molecule has 0 aliphatic heterocycles. The van der Waals surface area contributed by atoms with Crippen molar-refractivity contribution in [1.82, 2.24) is 0 Å². The summed E-state index contributed by atoms with van der Waals surface area (Å²) in [6, 6.07) is 0. The summed E-state index contributed by atoms with van der Waals surface area (Å²) in [7, 11) is 0. The third-order valence-electron chi connectivity index (χ3n) is 1.01. The van der Waals surface area contributed by atoms with E-state index in [9.17, 15) is 19.8 Å². The van der Waals surface area contributed by atoms with Crippen molar-refractivity contribution in [1.29, 1.82) is 0 Å².